The maximum atomic E-state index is 13.1. The Balaban J connectivity index is 1.60. The van der Waals surface area contributed by atoms with Crippen molar-refractivity contribution in [2.45, 2.75) is 17.9 Å². The molecule has 0 atom stereocenters. The molecule has 31 heavy (non-hydrogen) atoms. The van der Waals surface area contributed by atoms with Crippen molar-refractivity contribution in [2.75, 3.05) is 11.1 Å². The number of hydrogen-bond donors (Lipinski definition) is 1. The summed E-state index contributed by atoms with van der Waals surface area (Å²) in [5.74, 6) is 0.177. The zero-order valence-corrected chi connectivity index (χ0v) is 18.2. The lowest BCUT2D eigenvalue weighted by molar-refractivity contribution is -0.137. The van der Waals surface area contributed by atoms with Gasteiger partial charge in [0.2, 0.25) is 5.91 Å². The molecule has 0 aliphatic carbocycles. The summed E-state index contributed by atoms with van der Waals surface area (Å²) in [6, 6.07) is 10.1. The van der Waals surface area contributed by atoms with Crippen LogP contribution >= 0.6 is 35.0 Å². The highest BCUT2D eigenvalue weighted by Gasteiger charge is 2.34. The van der Waals surface area contributed by atoms with E-state index in [2.05, 4.69) is 15.5 Å². The first kappa shape index (κ1) is 23.2. The number of nitrogens with zero attached hydrogens (tertiary/aromatic N) is 3. The van der Waals surface area contributed by atoms with E-state index in [1.54, 1.807) is 35.9 Å². The number of halogens is 5. The fourth-order valence-corrected chi connectivity index (χ4v) is 3.57. The highest BCUT2D eigenvalue weighted by Crippen LogP contribution is 2.36. The Morgan fingerprint density at radius 3 is 2.65 bits per heavy atom. The first-order valence-corrected chi connectivity index (χ1v) is 10.4. The Labute approximate surface area is 189 Å². The van der Waals surface area contributed by atoms with Crippen LogP contribution < -0.4 is 10.1 Å². The van der Waals surface area contributed by atoms with E-state index in [0.717, 1.165) is 23.9 Å². The van der Waals surface area contributed by atoms with Gasteiger partial charge in [-0.05, 0) is 30.3 Å². The minimum atomic E-state index is -4.65. The van der Waals surface area contributed by atoms with Gasteiger partial charge in [0, 0.05) is 12.1 Å². The molecule has 0 fully saturated rings. The standard InChI is InChI=1S/C19H15Cl2F3N4O2S/c1-28-16(9-30-15-5-3-2-4-13(15)21)26-27-18(28)31-10-17(29)25-14-7-6-11(20)8-12(14)19(22,23)24/h2-8H,9-10H2,1H3,(H,25,29). The molecule has 1 heterocycles. The molecule has 0 unspecified atom stereocenters. The molecule has 1 aromatic heterocycles. The molecule has 0 aliphatic heterocycles. The van der Waals surface area contributed by atoms with Crippen LogP contribution in [0.15, 0.2) is 47.6 Å². The van der Waals surface area contributed by atoms with Crippen molar-refractivity contribution >= 4 is 46.6 Å². The number of ether oxygens (including phenoxy) is 1. The summed E-state index contributed by atoms with van der Waals surface area (Å²) in [6.07, 6.45) is -4.65. The summed E-state index contributed by atoms with van der Waals surface area (Å²) < 4.78 is 46.7. The number of alkyl halides is 3. The molecular formula is C19H15Cl2F3N4O2S. The SMILES string of the molecule is Cn1c(COc2ccccc2Cl)nnc1SCC(=O)Nc1ccc(Cl)cc1C(F)(F)F. The minimum absolute atomic E-state index is 0.0784. The third-order valence-corrected chi connectivity index (χ3v) is 5.58. The lowest BCUT2D eigenvalue weighted by atomic mass is 10.1. The molecule has 0 bridgehead atoms. The normalized spacial score (nSPS) is 11.4. The Morgan fingerprint density at radius 2 is 1.94 bits per heavy atom. The molecule has 0 spiro atoms. The monoisotopic (exact) mass is 490 g/mol. The molecular weight excluding hydrogens is 476 g/mol. The predicted molar refractivity (Wildman–Crippen MR) is 113 cm³/mol. The van der Waals surface area contributed by atoms with Crippen LogP contribution in [0.1, 0.15) is 11.4 Å². The van der Waals surface area contributed by atoms with Gasteiger partial charge < -0.3 is 14.6 Å². The Bertz CT molecular complexity index is 1090. The zero-order chi connectivity index (χ0) is 22.6. The molecule has 3 aromatic rings. The van der Waals surface area contributed by atoms with Crippen molar-refractivity contribution in [3.63, 3.8) is 0 Å². The number of benzene rings is 2. The summed E-state index contributed by atoms with van der Waals surface area (Å²) in [7, 11) is 1.69. The predicted octanol–water partition coefficient (Wildman–Crippen LogP) is 5.45. The second kappa shape index (κ2) is 9.80. The van der Waals surface area contributed by atoms with Crippen molar-refractivity contribution in [3.05, 3.63) is 63.9 Å². The third kappa shape index (κ3) is 6.05. The summed E-state index contributed by atoms with van der Waals surface area (Å²) in [5, 5.41) is 11.0. The molecule has 3 rings (SSSR count). The number of aromatic nitrogens is 3. The Morgan fingerprint density at radius 1 is 1.19 bits per heavy atom. The molecule has 2 aromatic carbocycles. The number of rotatable bonds is 7. The van der Waals surface area contributed by atoms with E-state index in [0.29, 0.717) is 21.8 Å². The van der Waals surface area contributed by atoms with E-state index in [-0.39, 0.29) is 23.1 Å². The van der Waals surface area contributed by atoms with Gasteiger partial charge >= 0.3 is 6.18 Å². The maximum absolute atomic E-state index is 13.1. The smallest absolute Gasteiger partial charge is 0.418 e. The number of carbonyl (C=O) groups is 1. The number of amides is 1. The fourth-order valence-electron chi connectivity index (χ4n) is 2.48. The van der Waals surface area contributed by atoms with Gasteiger partial charge in [-0.1, -0.05) is 47.1 Å². The summed E-state index contributed by atoms with van der Waals surface area (Å²) >= 11 is 12.7. The van der Waals surface area contributed by atoms with Crippen LogP contribution in [-0.4, -0.2) is 26.4 Å². The fraction of sp³-hybridized carbons (Fsp3) is 0.211. The lowest BCUT2D eigenvalue weighted by Gasteiger charge is -2.14. The quantitative estimate of drug-likeness (QED) is 0.446. The molecule has 0 saturated carbocycles. The van der Waals surface area contributed by atoms with Crippen LogP contribution in [-0.2, 0) is 24.6 Å². The zero-order valence-electron chi connectivity index (χ0n) is 15.9. The molecule has 12 heteroatoms. The molecule has 1 amide bonds. The van der Waals surface area contributed by atoms with Crippen LogP contribution in [0.25, 0.3) is 0 Å². The van der Waals surface area contributed by atoms with Gasteiger partial charge in [0.05, 0.1) is 22.0 Å². The van der Waals surface area contributed by atoms with Crippen LogP contribution in [0.5, 0.6) is 5.75 Å². The van der Waals surface area contributed by atoms with Crippen LogP contribution in [0, 0.1) is 0 Å². The Hall–Kier alpha value is -2.43. The minimum Gasteiger partial charge on any atom is -0.484 e. The van der Waals surface area contributed by atoms with E-state index >= 15 is 0 Å². The van der Waals surface area contributed by atoms with Crippen LogP contribution in [0.2, 0.25) is 10.0 Å². The van der Waals surface area contributed by atoms with Gasteiger partial charge in [-0.15, -0.1) is 10.2 Å². The molecule has 1 N–H and O–H groups in total. The summed E-state index contributed by atoms with van der Waals surface area (Å²) in [5.41, 5.74) is -1.38. The first-order chi connectivity index (χ1) is 14.6. The number of carbonyl (C=O) groups excluding carboxylic acids is 1. The average molecular weight is 491 g/mol. The van der Waals surface area contributed by atoms with Gasteiger partial charge in [-0.25, -0.2) is 0 Å². The number of anilines is 1. The molecule has 6 nitrogen and oxygen atoms in total. The highest BCUT2D eigenvalue weighted by molar-refractivity contribution is 7.99. The van der Waals surface area contributed by atoms with Crippen molar-refractivity contribution in [1.82, 2.24) is 14.8 Å². The molecule has 0 aliphatic rings. The first-order valence-electron chi connectivity index (χ1n) is 8.70. The van der Waals surface area contributed by atoms with Crippen molar-refractivity contribution in [1.29, 1.82) is 0 Å². The second-order valence-corrected chi connectivity index (χ2v) is 7.99. The van der Waals surface area contributed by atoms with Gasteiger partial charge in [-0.2, -0.15) is 13.2 Å². The number of para-hydroxylation sites is 1. The number of hydrogen-bond acceptors (Lipinski definition) is 5. The van der Waals surface area contributed by atoms with Gasteiger partial charge in [-0.3, -0.25) is 4.79 Å². The molecule has 0 saturated heterocycles. The Kier molecular flexibility index (Phi) is 7.34. The van der Waals surface area contributed by atoms with Crippen molar-refractivity contribution in [3.8, 4) is 5.75 Å². The van der Waals surface area contributed by atoms with E-state index < -0.39 is 17.6 Å². The molecule has 0 radical (unpaired) electrons. The summed E-state index contributed by atoms with van der Waals surface area (Å²) in [6.45, 7) is 0.0969. The maximum Gasteiger partial charge on any atom is 0.418 e. The van der Waals surface area contributed by atoms with E-state index in [1.807, 2.05) is 0 Å². The van der Waals surface area contributed by atoms with Gasteiger partial charge in [0.25, 0.3) is 0 Å². The second-order valence-electron chi connectivity index (χ2n) is 6.20. The number of thioether (sulfide) groups is 1. The van der Waals surface area contributed by atoms with E-state index in [9.17, 15) is 18.0 Å². The highest BCUT2D eigenvalue weighted by atomic mass is 35.5. The van der Waals surface area contributed by atoms with Gasteiger partial charge in [0.15, 0.2) is 11.0 Å². The topological polar surface area (TPSA) is 69.0 Å². The van der Waals surface area contributed by atoms with E-state index in [1.165, 1.54) is 6.07 Å². The van der Waals surface area contributed by atoms with Crippen molar-refractivity contribution in [2.24, 2.45) is 7.05 Å². The summed E-state index contributed by atoms with van der Waals surface area (Å²) in [4.78, 5) is 12.2. The number of nitrogens with one attached hydrogen (secondary N) is 1. The van der Waals surface area contributed by atoms with Crippen LogP contribution in [0.4, 0.5) is 18.9 Å². The average Bonchev–Trinajstić information content (AvgIpc) is 3.06. The van der Waals surface area contributed by atoms with Gasteiger partial charge in [0.1, 0.15) is 12.4 Å². The van der Waals surface area contributed by atoms with Crippen LogP contribution in [0.3, 0.4) is 0 Å². The third-order valence-electron chi connectivity index (χ3n) is 4.01. The van der Waals surface area contributed by atoms with Crippen molar-refractivity contribution < 1.29 is 22.7 Å². The lowest BCUT2D eigenvalue weighted by Crippen LogP contribution is -2.18. The van der Waals surface area contributed by atoms with E-state index in [4.69, 9.17) is 27.9 Å². The molecule has 164 valence electrons. The largest absolute Gasteiger partial charge is 0.484 e.